The maximum atomic E-state index is 12.5. The standard InChI is InChI=1S/C14H26N2O2/c1-7-8-16-11(14(4,5)6)12(17)15-10(9(2)3)13(16)18/h9-11H,7-8H2,1-6H3,(H,15,17). The van der Waals surface area contributed by atoms with E-state index in [4.69, 9.17) is 0 Å². The molecule has 1 aliphatic rings. The Balaban J connectivity index is 3.07. The Hall–Kier alpha value is -1.06. The maximum Gasteiger partial charge on any atom is 0.246 e. The molecule has 0 aromatic carbocycles. The first-order valence-electron chi connectivity index (χ1n) is 6.81. The van der Waals surface area contributed by atoms with Gasteiger partial charge in [-0.05, 0) is 17.8 Å². The second-order valence-corrected chi connectivity index (χ2v) is 6.53. The van der Waals surface area contributed by atoms with Gasteiger partial charge in [-0.1, -0.05) is 41.5 Å². The van der Waals surface area contributed by atoms with E-state index in [9.17, 15) is 9.59 Å². The summed E-state index contributed by atoms with van der Waals surface area (Å²) in [6.07, 6.45) is 0.871. The first kappa shape index (κ1) is 15.0. The van der Waals surface area contributed by atoms with E-state index in [1.807, 2.05) is 41.5 Å². The molecule has 0 aromatic rings. The van der Waals surface area contributed by atoms with Gasteiger partial charge in [-0.3, -0.25) is 9.59 Å². The minimum Gasteiger partial charge on any atom is -0.342 e. The first-order valence-corrected chi connectivity index (χ1v) is 6.81. The molecule has 18 heavy (non-hydrogen) atoms. The second-order valence-electron chi connectivity index (χ2n) is 6.53. The lowest BCUT2D eigenvalue weighted by Gasteiger charge is -2.45. The Bertz CT molecular complexity index is 331. The zero-order valence-electron chi connectivity index (χ0n) is 12.4. The summed E-state index contributed by atoms with van der Waals surface area (Å²) in [5, 5.41) is 2.88. The molecule has 1 fully saturated rings. The Labute approximate surface area is 110 Å². The minimum atomic E-state index is -0.373. The van der Waals surface area contributed by atoms with Gasteiger partial charge in [0.25, 0.3) is 0 Å². The molecule has 4 nitrogen and oxygen atoms in total. The van der Waals surface area contributed by atoms with E-state index in [-0.39, 0.29) is 35.2 Å². The van der Waals surface area contributed by atoms with E-state index in [1.165, 1.54) is 0 Å². The van der Waals surface area contributed by atoms with E-state index in [2.05, 4.69) is 5.32 Å². The van der Waals surface area contributed by atoms with Crippen LogP contribution in [0.15, 0.2) is 0 Å². The summed E-state index contributed by atoms with van der Waals surface area (Å²) >= 11 is 0. The summed E-state index contributed by atoms with van der Waals surface area (Å²) in [5.41, 5.74) is -0.239. The van der Waals surface area contributed by atoms with Gasteiger partial charge in [-0.2, -0.15) is 0 Å². The number of hydrogen-bond donors (Lipinski definition) is 1. The molecular formula is C14H26N2O2. The van der Waals surface area contributed by atoms with Crippen molar-refractivity contribution in [2.24, 2.45) is 11.3 Å². The van der Waals surface area contributed by atoms with E-state index in [0.29, 0.717) is 6.54 Å². The van der Waals surface area contributed by atoms with Crippen LogP contribution < -0.4 is 5.32 Å². The molecule has 2 atom stereocenters. The Morgan fingerprint density at radius 2 is 1.83 bits per heavy atom. The predicted octanol–water partition coefficient (Wildman–Crippen LogP) is 1.79. The highest BCUT2D eigenvalue weighted by atomic mass is 16.2. The molecule has 104 valence electrons. The molecule has 0 aliphatic carbocycles. The van der Waals surface area contributed by atoms with Crippen molar-refractivity contribution in [2.75, 3.05) is 6.54 Å². The molecule has 0 aromatic heterocycles. The SMILES string of the molecule is CCCN1C(=O)C(C(C)C)NC(=O)C1C(C)(C)C. The summed E-state index contributed by atoms with van der Waals surface area (Å²) < 4.78 is 0. The van der Waals surface area contributed by atoms with Crippen molar-refractivity contribution in [1.29, 1.82) is 0 Å². The topological polar surface area (TPSA) is 49.4 Å². The van der Waals surface area contributed by atoms with Crippen molar-refractivity contribution >= 4 is 11.8 Å². The molecule has 0 spiro atoms. The molecule has 0 bridgehead atoms. The van der Waals surface area contributed by atoms with Crippen molar-refractivity contribution in [1.82, 2.24) is 10.2 Å². The van der Waals surface area contributed by atoms with Crippen molar-refractivity contribution < 1.29 is 9.59 Å². The molecule has 0 radical (unpaired) electrons. The van der Waals surface area contributed by atoms with E-state index >= 15 is 0 Å². The summed E-state index contributed by atoms with van der Waals surface area (Å²) in [6.45, 7) is 12.6. The summed E-state index contributed by atoms with van der Waals surface area (Å²) in [7, 11) is 0. The van der Waals surface area contributed by atoms with Crippen LogP contribution in [0, 0.1) is 11.3 Å². The van der Waals surface area contributed by atoms with Crippen LogP contribution in [-0.4, -0.2) is 35.3 Å². The molecule has 0 saturated carbocycles. The fourth-order valence-electron chi connectivity index (χ4n) is 2.53. The van der Waals surface area contributed by atoms with E-state index in [1.54, 1.807) is 4.90 Å². The van der Waals surface area contributed by atoms with Crippen molar-refractivity contribution in [3.8, 4) is 0 Å². The van der Waals surface area contributed by atoms with Crippen LogP contribution in [0.3, 0.4) is 0 Å². The maximum absolute atomic E-state index is 12.5. The van der Waals surface area contributed by atoms with Crippen LogP contribution in [0.1, 0.15) is 48.0 Å². The third-order valence-electron chi connectivity index (χ3n) is 3.36. The number of nitrogens with zero attached hydrogens (tertiary/aromatic N) is 1. The third-order valence-corrected chi connectivity index (χ3v) is 3.36. The van der Waals surface area contributed by atoms with E-state index < -0.39 is 0 Å². The molecule has 1 saturated heterocycles. The van der Waals surface area contributed by atoms with Crippen molar-refractivity contribution in [3.63, 3.8) is 0 Å². The molecule has 4 heteroatoms. The van der Waals surface area contributed by atoms with Crippen molar-refractivity contribution in [2.45, 2.75) is 60.0 Å². The highest BCUT2D eigenvalue weighted by Gasteiger charge is 2.46. The van der Waals surface area contributed by atoms with Gasteiger partial charge < -0.3 is 10.2 Å². The fraction of sp³-hybridized carbons (Fsp3) is 0.857. The monoisotopic (exact) mass is 254 g/mol. The van der Waals surface area contributed by atoms with Gasteiger partial charge in [0.1, 0.15) is 12.1 Å². The van der Waals surface area contributed by atoms with Crippen LogP contribution in [0.4, 0.5) is 0 Å². The number of piperazine rings is 1. The molecule has 1 heterocycles. The summed E-state index contributed by atoms with van der Waals surface area (Å²) in [6, 6.07) is -0.734. The molecule has 2 amide bonds. The lowest BCUT2D eigenvalue weighted by atomic mass is 9.82. The number of carbonyl (C=O) groups excluding carboxylic acids is 2. The number of hydrogen-bond acceptors (Lipinski definition) is 2. The summed E-state index contributed by atoms with van der Waals surface area (Å²) in [4.78, 5) is 26.5. The Morgan fingerprint density at radius 3 is 2.22 bits per heavy atom. The van der Waals surface area contributed by atoms with Crippen LogP contribution in [-0.2, 0) is 9.59 Å². The fourth-order valence-corrected chi connectivity index (χ4v) is 2.53. The Morgan fingerprint density at radius 1 is 1.28 bits per heavy atom. The second kappa shape index (κ2) is 5.29. The van der Waals surface area contributed by atoms with Gasteiger partial charge in [-0.25, -0.2) is 0 Å². The zero-order chi connectivity index (χ0) is 14.1. The average molecular weight is 254 g/mol. The van der Waals surface area contributed by atoms with Crippen LogP contribution in [0.25, 0.3) is 0 Å². The quantitative estimate of drug-likeness (QED) is 0.835. The van der Waals surface area contributed by atoms with Gasteiger partial charge in [0.05, 0.1) is 0 Å². The lowest BCUT2D eigenvalue weighted by molar-refractivity contribution is -0.155. The first-order chi connectivity index (χ1) is 8.20. The molecular weight excluding hydrogens is 228 g/mol. The normalized spacial score (nSPS) is 25.6. The molecule has 2 unspecified atom stereocenters. The molecule has 1 aliphatic heterocycles. The lowest BCUT2D eigenvalue weighted by Crippen LogP contribution is -2.67. The predicted molar refractivity (Wildman–Crippen MR) is 72.0 cm³/mol. The summed E-state index contributed by atoms with van der Waals surface area (Å²) in [5.74, 6) is 0.169. The van der Waals surface area contributed by atoms with Gasteiger partial charge in [0.2, 0.25) is 11.8 Å². The number of amides is 2. The van der Waals surface area contributed by atoms with Gasteiger partial charge in [0, 0.05) is 6.54 Å². The highest BCUT2D eigenvalue weighted by molar-refractivity contribution is 5.97. The van der Waals surface area contributed by atoms with Crippen molar-refractivity contribution in [3.05, 3.63) is 0 Å². The van der Waals surface area contributed by atoms with E-state index in [0.717, 1.165) is 6.42 Å². The van der Waals surface area contributed by atoms with Crippen LogP contribution in [0.5, 0.6) is 0 Å². The zero-order valence-corrected chi connectivity index (χ0v) is 12.4. The highest BCUT2D eigenvalue weighted by Crippen LogP contribution is 2.29. The van der Waals surface area contributed by atoms with Gasteiger partial charge in [0.15, 0.2) is 0 Å². The molecule has 1 N–H and O–H groups in total. The number of nitrogens with one attached hydrogen (secondary N) is 1. The number of carbonyl (C=O) groups is 2. The third kappa shape index (κ3) is 2.85. The van der Waals surface area contributed by atoms with Crippen LogP contribution in [0.2, 0.25) is 0 Å². The smallest absolute Gasteiger partial charge is 0.246 e. The van der Waals surface area contributed by atoms with Crippen LogP contribution >= 0.6 is 0 Å². The molecule has 1 rings (SSSR count). The largest absolute Gasteiger partial charge is 0.342 e. The minimum absolute atomic E-state index is 0.0192. The van der Waals surface area contributed by atoms with Gasteiger partial charge in [-0.15, -0.1) is 0 Å². The van der Waals surface area contributed by atoms with Gasteiger partial charge >= 0.3 is 0 Å². The Kier molecular flexibility index (Phi) is 4.41. The number of rotatable bonds is 3. The average Bonchev–Trinajstić information content (AvgIpc) is 2.20.